The molecule has 0 saturated carbocycles. The van der Waals surface area contributed by atoms with Gasteiger partial charge in [-0.05, 0) is 49.6 Å². The first kappa shape index (κ1) is 18.5. The topological polar surface area (TPSA) is 43.8 Å². The van der Waals surface area contributed by atoms with Gasteiger partial charge in [-0.3, -0.25) is 9.69 Å². The third kappa shape index (κ3) is 4.07. The van der Waals surface area contributed by atoms with Gasteiger partial charge in [-0.1, -0.05) is 42.0 Å². The molecule has 1 heterocycles. The number of rotatable bonds is 5. The molecule has 1 saturated heterocycles. The van der Waals surface area contributed by atoms with Crippen LogP contribution in [-0.2, 0) is 4.79 Å². The lowest BCUT2D eigenvalue weighted by molar-refractivity contribution is -0.143. The monoisotopic (exact) mass is 352 g/mol. The molecule has 4 nitrogen and oxygen atoms in total. The zero-order valence-electron chi connectivity index (χ0n) is 15.9. The summed E-state index contributed by atoms with van der Waals surface area (Å²) < 4.78 is 0. The van der Waals surface area contributed by atoms with E-state index in [2.05, 4.69) is 65.3 Å². The quantitative estimate of drug-likeness (QED) is 0.885. The highest BCUT2D eigenvalue weighted by Crippen LogP contribution is 2.33. The highest BCUT2D eigenvalue weighted by Gasteiger charge is 2.31. The Morgan fingerprint density at radius 1 is 1.08 bits per heavy atom. The molecule has 2 unspecified atom stereocenters. The first-order valence-corrected chi connectivity index (χ1v) is 9.26. The van der Waals surface area contributed by atoms with E-state index in [1.807, 2.05) is 14.1 Å². The van der Waals surface area contributed by atoms with Gasteiger partial charge in [0.25, 0.3) is 0 Å². The van der Waals surface area contributed by atoms with Crippen molar-refractivity contribution in [1.29, 1.82) is 0 Å². The molecule has 1 N–H and O–H groups in total. The number of carbonyl (C=O) groups is 1. The van der Waals surface area contributed by atoms with Gasteiger partial charge >= 0.3 is 5.97 Å². The number of nitrogens with zero attached hydrogens (tertiary/aromatic N) is 2. The summed E-state index contributed by atoms with van der Waals surface area (Å²) in [6, 6.07) is 17.3. The van der Waals surface area contributed by atoms with E-state index in [1.54, 1.807) is 0 Å². The molecule has 0 aromatic heterocycles. The first-order chi connectivity index (χ1) is 12.5. The maximum Gasteiger partial charge on any atom is 0.307 e. The van der Waals surface area contributed by atoms with Crippen LogP contribution < -0.4 is 4.90 Å². The number of carboxylic acid groups (broad SMARTS) is 1. The van der Waals surface area contributed by atoms with Crippen LogP contribution in [0.25, 0.3) is 0 Å². The molecule has 1 aliphatic heterocycles. The highest BCUT2D eigenvalue weighted by molar-refractivity contribution is 5.70. The molecule has 2 aromatic carbocycles. The fourth-order valence-electron chi connectivity index (χ4n) is 3.76. The number of aryl methyl sites for hydroxylation is 1. The number of hydrogen-bond donors (Lipinski definition) is 1. The van der Waals surface area contributed by atoms with Gasteiger partial charge in [-0.2, -0.15) is 0 Å². The van der Waals surface area contributed by atoms with Crippen LogP contribution in [0.15, 0.2) is 48.5 Å². The van der Waals surface area contributed by atoms with E-state index in [1.165, 1.54) is 22.4 Å². The van der Waals surface area contributed by atoms with Gasteiger partial charge in [0.1, 0.15) is 0 Å². The second-order valence-electron chi connectivity index (χ2n) is 7.47. The lowest BCUT2D eigenvalue weighted by Gasteiger charge is -2.37. The van der Waals surface area contributed by atoms with E-state index in [-0.39, 0.29) is 12.0 Å². The van der Waals surface area contributed by atoms with Gasteiger partial charge in [0.15, 0.2) is 0 Å². The molecule has 26 heavy (non-hydrogen) atoms. The number of hydrogen-bond acceptors (Lipinski definition) is 3. The number of piperidine rings is 1. The summed E-state index contributed by atoms with van der Waals surface area (Å²) in [5.41, 5.74) is 4.83. The highest BCUT2D eigenvalue weighted by atomic mass is 16.4. The Morgan fingerprint density at radius 2 is 1.65 bits per heavy atom. The SMILES string of the molecule is Cc1ccc(C(c2ccc(N(C)C)cc2)N2CCCC(C(=O)O)C2)cc1. The Balaban J connectivity index is 1.96. The Hall–Kier alpha value is -2.33. The molecular weight excluding hydrogens is 324 g/mol. The molecule has 3 rings (SSSR count). The van der Waals surface area contributed by atoms with Gasteiger partial charge in [0.2, 0.25) is 0 Å². The normalized spacial score (nSPS) is 19.1. The lowest BCUT2D eigenvalue weighted by Crippen LogP contribution is -2.41. The number of aliphatic carboxylic acids is 1. The van der Waals surface area contributed by atoms with Crippen molar-refractivity contribution in [2.24, 2.45) is 5.92 Å². The molecule has 0 spiro atoms. The van der Waals surface area contributed by atoms with E-state index < -0.39 is 5.97 Å². The molecule has 0 aliphatic carbocycles. The van der Waals surface area contributed by atoms with E-state index >= 15 is 0 Å². The third-order valence-corrected chi connectivity index (χ3v) is 5.29. The maximum absolute atomic E-state index is 11.5. The summed E-state index contributed by atoms with van der Waals surface area (Å²) in [7, 11) is 4.07. The molecule has 1 aliphatic rings. The first-order valence-electron chi connectivity index (χ1n) is 9.26. The maximum atomic E-state index is 11.5. The Morgan fingerprint density at radius 3 is 2.19 bits per heavy atom. The van der Waals surface area contributed by atoms with E-state index in [4.69, 9.17) is 0 Å². The molecule has 0 bridgehead atoms. The minimum absolute atomic E-state index is 0.0916. The van der Waals surface area contributed by atoms with Crippen LogP contribution in [-0.4, -0.2) is 43.2 Å². The number of carboxylic acids is 1. The molecule has 0 radical (unpaired) electrons. The van der Waals surface area contributed by atoms with Crippen molar-refractivity contribution in [2.45, 2.75) is 25.8 Å². The summed E-state index contributed by atoms with van der Waals surface area (Å²) in [6.07, 6.45) is 1.70. The fourth-order valence-corrected chi connectivity index (χ4v) is 3.76. The van der Waals surface area contributed by atoms with Crippen LogP contribution >= 0.6 is 0 Å². The van der Waals surface area contributed by atoms with E-state index in [0.29, 0.717) is 6.54 Å². The van der Waals surface area contributed by atoms with Gasteiger partial charge in [-0.15, -0.1) is 0 Å². The van der Waals surface area contributed by atoms with Crippen LogP contribution in [0.2, 0.25) is 0 Å². The number of likely N-dealkylation sites (tertiary alicyclic amines) is 1. The summed E-state index contributed by atoms with van der Waals surface area (Å²) in [5.74, 6) is -0.960. The van der Waals surface area contributed by atoms with Crippen LogP contribution in [0.1, 0.15) is 35.6 Å². The average molecular weight is 352 g/mol. The zero-order chi connectivity index (χ0) is 18.7. The van der Waals surface area contributed by atoms with E-state index in [0.717, 1.165) is 19.4 Å². The fraction of sp³-hybridized carbons (Fsp3) is 0.409. The summed E-state index contributed by atoms with van der Waals surface area (Å²) in [4.78, 5) is 15.9. The molecule has 2 aromatic rings. The minimum Gasteiger partial charge on any atom is -0.481 e. The minimum atomic E-state index is -0.680. The van der Waals surface area contributed by atoms with Gasteiger partial charge in [0.05, 0.1) is 12.0 Å². The van der Waals surface area contributed by atoms with E-state index in [9.17, 15) is 9.90 Å². The van der Waals surface area contributed by atoms with Crippen molar-refractivity contribution in [3.05, 3.63) is 65.2 Å². The van der Waals surface area contributed by atoms with Crippen molar-refractivity contribution >= 4 is 11.7 Å². The lowest BCUT2D eigenvalue weighted by atomic mass is 9.91. The Bertz CT molecular complexity index is 738. The van der Waals surface area contributed by atoms with Crippen LogP contribution in [0.4, 0.5) is 5.69 Å². The third-order valence-electron chi connectivity index (χ3n) is 5.29. The van der Waals surface area contributed by atoms with Crippen molar-refractivity contribution in [1.82, 2.24) is 4.90 Å². The van der Waals surface area contributed by atoms with Crippen molar-refractivity contribution in [2.75, 3.05) is 32.1 Å². The molecule has 1 fully saturated rings. The Kier molecular flexibility index (Phi) is 5.62. The van der Waals surface area contributed by atoms with Gasteiger partial charge in [-0.25, -0.2) is 0 Å². The standard InChI is InChI=1S/C22H28N2O2/c1-16-6-8-17(9-7-16)21(18-10-12-20(13-11-18)23(2)3)24-14-4-5-19(15-24)22(25)26/h6-13,19,21H,4-5,14-15H2,1-3H3,(H,25,26). The van der Waals surface area contributed by atoms with Gasteiger partial charge < -0.3 is 10.0 Å². The predicted octanol–water partition coefficient (Wildman–Crippen LogP) is 3.95. The largest absolute Gasteiger partial charge is 0.481 e. The van der Waals surface area contributed by atoms with Crippen LogP contribution in [0.5, 0.6) is 0 Å². The van der Waals surface area contributed by atoms with Crippen molar-refractivity contribution < 1.29 is 9.90 Å². The molecule has 2 atom stereocenters. The smallest absolute Gasteiger partial charge is 0.307 e. The Labute approximate surface area is 156 Å². The van der Waals surface area contributed by atoms with Gasteiger partial charge in [0, 0.05) is 26.3 Å². The molecule has 138 valence electrons. The average Bonchev–Trinajstić information content (AvgIpc) is 2.64. The summed E-state index contributed by atoms with van der Waals surface area (Å²) in [6.45, 7) is 3.62. The number of anilines is 1. The summed E-state index contributed by atoms with van der Waals surface area (Å²) in [5, 5.41) is 9.48. The zero-order valence-corrected chi connectivity index (χ0v) is 15.9. The second-order valence-corrected chi connectivity index (χ2v) is 7.47. The molecule has 4 heteroatoms. The molecular formula is C22H28N2O2. The molecule has 0 amide bonds. The van der Waals surface area contributed by atoms with Crippen LogP contribution in [0.3, 0.4) is 0 Å². The van der Waals surface area contributed by atoms with Crippen LogP contribution in [0, 0.1) is 12.8 Å². The summed E-state index contributed by atoms with van der Waals surface area (Å²) >= 11 is 0. The second kappa shape index (κ2) is 7.92. The number of benzene rings is 2. The van der Waals surface area contributed by atoms with Crippen molar-refractivity contribution in [3.63, 3.8) is 0 Å². The van der Waals surface area contributed by atoms with Crippen molar-refractivity contribution in [3.8, 4) is 0 Å². The predicted molar refractivity (Wildman–Crippen MR) is 106 cm³/mol.